The van der Waals surface area contributed by atoms with E-state index in [0.29, 0.717) is 0 Å². The lowest BCUT2D eigenvalue weighted by molar-refractivity contribution is 0.599. The van der Waals surface area contributed by atoms with Crippen molar-refractivity contribution in [2.45, 2.75) is 9.10 Å². The van der Waals surface area contributed by atoms with Gasteiger partial charge in [0.1, 0.15) is 4.21 Å². The highest BCUT2D eigenvalue weighted by molar-refractivity contribution is 7.98. The Morgan fingerprint density at radius 1 is 1.46 bits per heavy atom. The minimum atomic E-state index is -3.55. The number of hydrogen-bond donors (Lipinski definition) is 2. The van der Waals surface area contributed by atoms with Crippen LogP contribution in [0, 0.1) is 0 Å². The zero-order valence-electron chi connectivity index (χ0n) is 6.35. The van der Waals surface area contributed by atoms with Crippen molar-refractivity contribution in [2.24, 2.45) is 5.14 Å². The first-order valence-electron chi connectivity index (χ1n) is 3.33. The zero-order valence-corrected chi connectivity index (χ0v) is 8.80. The van der Waals surface area contributed by atoms with Gasteiger partial charge in [-0.3, -0.25) is 0 Å². The quantitative estimate of drug-likeness (QED) is 0.710. The molecule has 1 aromatic heterocycles. The van der Waals surface area contributed by atoms with E-state index in [4.69, 9.17) is 5.14 Å². The van der Waals surface area contributed by atoms with Crippen LogP contribution in [0.2, 0.25) is 0 Å². The minimum absolute atomic E-state index is 0.207. The van der Waals surface area contributed by atoms with Gasteiger partial charge in [-0.2, -0.15) is 0 Å². The third-order valence-corrected chi connectivity index (χ3v) is 4.92. The summed E-state index contributed by atoms with van der Waals surface area (Å²) in [7, 11) is -3.55. The van der Waals surface area contributed by atoms with Crippen molar-refractivity contribution in [3.8, 4) is 0 Å². The first-order valence-corrected chi connectivity index (χ1v) is 6.51. The Balaban J connectivity index is 2.55. The standard InChI is InChI=1S/C6H6N2O2S3/c7-13(9,10)6-3-5-4(11-6)1-2-8-12-5/h1-3,8H,(H2,7,9,10). The van der Waals surface area contributed by atoms with Gasteiger partial charge in [-0.1, -0.05) is 0 Å². The summed E-state index contributed by atoms with van der Waals surface area (Å²) in [4.78, 5) is 1.82. The molecule has 0 fully saturated rings. The second-order valence-corrected chi connectivity index (χ2v) is 6.14. The number of nitrogens with one attached hydrogen (secondary N) is 1. The van der Waals surface area contributed by atoms with Crippen molar-refractivity contribution in [1.29, 1.82) is 0 Å². The van der Waals surface area contributed by atoms with E-state index in [-0.39, 0.29) is 4.21 Å². The lowest BCUT2D eigenvalue weighted by Gasteiger charge is -2.03. The van der Waals surface area contributed by atoms with Gasteiger partial charge < -0.3 is 4.72 Å². The lowest BCUT2D eigenvalue weighted by atomic mass is 10.4. The highest BCUT2D eigenvalue weighted by atomic mass is 32.2. The summed E-state index contributed by atoms with van der Waals surface area (Å²) in [5.74, 6) is 0. The van der Waals surface area contributed by atoms with E-state index in [1.54, 1.807) is 12.3 Å². The summed E-state index contributed by atoms with van der Waals surface area (Å²) in [6.45, 7) is 0. The van der Waals surface area contributed by atoms with Crippen molar-refractivity contribution < 1.29 is 8.42 Å². The van der Waals surface area contributed by atoms with Gasteiger partial charge in [-0.15, -0.1) is 11.3 Å². The molecule has 0 spiro atoms. The molecule has 0 aromatic carbocycles. The fourth-order valence-electron chi connectivity index (χ4n) is 0.910. The van der Waals surface area contributed by atoms with E-state index < -0.39 is 10.0 Å². The molecule has 1 aliphatic heterocycles. The molecule has 4 nitrogen and oxygen atoms in total. The Hall–Kier alpha value is -0.500. The minimum Gasteiger partial charge on any atom is -0.332 e. The predicted octanol–water partition coefficient (Wildman–Crippen LogP) is 0.977. The first-order chi connectivity index (χ1) is 6.07. The molecule has 3 N–H and O–H groups in total. The normalized spacial score (nSPS) is 15.2. The number of rotatable bonds is 1. The van der Waals surface area contributed by atoms with Gasteiger partial charge in [-0.05, 0) is 24.1 Å². The molecule has 1 aromatic rings. The van der Waals surface area contributed by atoms with E-state index in [2.05, 4.69) is 4.72 Å². The Morgan fingerprint density at radius 3 is 2.85 bits per heavy atom. The van der Waals surface area contributed by atoms with Crippen molar-refractivity contribution in [1.82, 2.24) is 4.72 Å². The van der Waals surface area contributed by atoms with Gasteiger partial charge in [-0.25, -0.2) is 13.6 Å². The van der Waals surface area contributed by atoms with E-state index in [1.807, 2.05) is 6.08 Å². The maximum Gasteiger partial charge on any atom is 0.247 e. The van der Waals surface area contributed by atoms with Gasteiger partial charge in [0, 0.05) is 16.0 Å². The zero-order chi connectivity index (χ0) is 9.47. The largest absolute Gasteiger partial charge is 0.332 e. The van der Waals surface area contributed by atoms with Crippen LogP contribution in [0.5, 0.6) is 0 Å². The number of hydrogen-bond acceptors (Lipinski definition) is 5. The average Bonchev–Trinajstić information content (AvgIpc) is 2.45. The van der Waals surface area contributed by atoms with Crippen LogP contribution in [0.25, 0.3) is 6.08 Å². The smallest absolute Gasteiger partial charge is 0.247 e. The molecule has 13 heavy (non-hydrogen) atoms. The molecule has 0 saturated heterocycles. The van der Waals surface area contributed by atoms with Crippen LogP contribution in [-0.2, 0) is 10.0 Å². The Morgan fingerprint density at radius 2 is 2.23 bits per heavy atom. The molecule has 70 valence electrons. The van der Waals surface area contributed by atoms with Crippen LogP contribution in [0.3, 0.4) is 0 Å². The second kappa shape index (κ2) is 3.02. The topological polar surface area (TPSA) is 72.2 Å². The van der Waals surface area contributed by atoms with Gasteiger partial charge >= 0.3 is 0 Å². The number of nitrogens with two attached hydrogens (primary N) is 1. The van der Waals surface area contributed by atoms with E-state index >= 15 is 0 Å². The van der Waals surface area contributed by atoms with Crippen molar-refractivity contribution in [2.75, 3.05) is 0 Å². The molecule has 0 radical (unpaired) electrons. The van der Waals surface area contributed by atoms with Crippen LogP contribution in [0.15, 0.2) is 21.4 Å². The Kier molecular flexibility index (Phi) is 2.11. The van der Waals surface area contributed by atoms with Crippen LogP contribution in [0.4, 0.5) is 0 Å². The summed E-state index contributed by atoms with van der Waals surface area (Å²) >= 11 is 2.56. The Labute approximate surface area is 84.0 Å². The molecule has 0 atom stereocenters. The summed E-state index contributed by atoms with van der Waals surface area (Å²) in [6, 6.07) is 1.58. The average molecular weight is 234 g/mol. The molecular formula is C6H6N2O2S3. The highest BCUT2D eigenvalue weighted by Gasteiger charge is 2.16. The predicted molar refractivity (Wildman–Crippen MR) is 53.7 cm³/mol. The summed E-state index contributed by atoms with van der Waals surface area (Å²) in [5, 5.41) is 5.00. The monoisotopic (exact) mass is 234 g/mol. The maximum absolute atomic E-state index is 11.0. The second-order valence-electron chi connectivity index (χ2n) is 2.39. The van der Waals surface area contributed by atoms with Crippen molar-refractivity contribution >= 4 is 39.4 Å². The lowest BCUT2D eigenvalue weighted by Crippen LogP contribution is -2.09. The molecule has 1 aliphatic rings. The number of primary sulfonamides is 1. The number of thiophene rings is 1. The maximum atomic E-state index is 11.0. The number of fused-ring (bicyclic) bond motifs is 1. The van der Waals surface area contributed by atoms with E-state index in [9.17, 15) is 8.42 Å². The SMILES string of the molecule is NS(=O)(=O)c1cc2c(s1)C=CNS2. The fourth-order valence-corrected chi connectivity index (χ4v) is 3.62. The molecule has 7 heteroatoms. The molecule has 0 bridgehead atoms. The summed E-state index contributed by atoms with van der Waals surface area (Å²) in [5.41, 5.74) is 0. The molecule has 2 rings (SSSR count). The van der Waals surface area contributed by atoms with Gasteiger partial charge in [0.05, 0.1) is 0 Å². The molecule has 0 amide bonds. The third kappa shape index (κ3) is 1.73. The van der Waals surface area contributed by atoms with Gasteiger partial charge in [0.15, 0.2) is 0 Å². The van der Waals surface area contributed by atoms with Crippen LogP contribution < -0.4 is 9.86 Å². The van der Waals surface area contributed by atoms with E-state index in [0.717, 1.165) is 9.77 Å². The molecular weight excluding hydrogens is 228 g/mol. The van der Waals surface area contributed by atoms with Crippen molar-refractivity contribution in [3.05, 3.63) is 17.1 Å². The summed E-state index contributed by atoms with van der Waals surface area (Å²) < 4.78 is 25.1. The van der Waals surface area contributed by atoms with Gasteiger partial charge in [0.25, 0.3) is 0 Å². The highest BCUT2D eigenvalue weighted by Crippen LogP contribution is 2.34. The number of sulfonamides is 1. The van der Waals surface area contributed by atoms with Gasteiger partial charge in [0.2, 0.25) is 10.0 Å². The first kappa shape index (κ1) is 9.07. The van der Waals surface area contributed by atoms with Crippen LogP contribution >= 0.6 is 23.3 Å². The molecule has 2 heterocycles. The third-order valence-electron chi connectivity index (χ3n) is 1.45. The van der Waals surface area contributed by atoms with Crippen LogP contribution in [-0.4, -0.2) is 8.42 Å². The molecule has 0 aliphatic carbocycles. The van der Waals surface area contributed by atoms with Crippen LogP contribution in [0.1, 0.15) is 4.88 Å². The summed E-state index contributed by atoms with van der Waals surface area (Å²) in [6.07, 6.45) is 3.58. The fraction of sp³-hybridized carbons (Fsp3) is 0. The molecule has 0 saturated carbocycles. The van der Waals surface area contributed by atoms with E-state index in [1.165, 1.54) is 23.3 Å². The van der Waals surface area contributed by atoms with Crippen molar-refractivity contribution in [3.63, 3.8) is 0 Å². The Bertz CT molecular complexity index is 460. The molecule has 0 unspecified atom stereocenters.